The maximum atomic E-state index is 12.9. The monoisotopic (exact) mass is 474 g/mol. The van der Waals surface area contributed by atoms with Gasteiger partial charge in [0.1, 0.15) is 5.52 Å². The number of rotatable bonds is 4. The van der Waals surface area contributed by atoms with Crippen LogP contribution >= 0.6 is 0 Å². The number of anilines is 1. The van der Waals surface area contributed by atoms with Crippen LogP contribution in [0.15, 0.2) is 73.3 Å². The van der Waals surface area contributed by atoms with E-state index in [0.29, 0.717) is 22.4 Å². The van der Waals surface area contributed by atoms with Gasteiger partial charge in [-0.2, -0.15) is 5.10 Å². The second kappa shape index (κ2) is 9.64. The smallest absolute Gasteiger partial charge is 0.274 e. The lowest BCUT2D eigenvalue weighted by Crippen LogP contribution is -2.29. The molecule has 36 heavy (non-hydrogen) atoms. The summed E-state index contributed by atoms with van der Waals surface area (Å²) in [5.74, 6) is 5.96. The van der Waals surface area contributed by atoms with E-state index in [1.54, 1.807) is 10.9 Å². The van der Waals surface area contributed by atoms with Gasteiger partial charge in [-0.3, -0.25) is 9.48 Å². The molecule has 0 aliphatic carbocycles. The Kier molecular flexibility index (Phi) is 6.07. The molecule has 0 spiro atoms. The van der Waals surface area contributed by atoms with Crippen LogP contribution in [0.1, 0.15) is 40.3 Å². The summed E-state index contributed by atoms with van der Waals surface area (Å²) in [6.07, 6.45) is 6.43. The Balaban J connectivity index is 1.59. The van der Waals surface area contributed by atoms with Crippen LogP contribution in [0.25, 0.3) is 22.3 Å². The molecular weight excluding hydrogens is 452 g/mol. The first-order valence-electron chi connectivity index (χ1n) is 11.2. The van der Waals surface area contributed by atoms with E-state index in [9.17, 15) is 4.79 Å². The Morgan fingerprint density at radius 1 is 1.03 bits per heavy atom. The van der Waals surface area contributed by atoms with Crippen molar-refractivity contribution < 1.29 is 4.79 Å². The number of nitrogen functional groups attached to an aromatic ring is 1. The van der Waals surface area contributed by atoms with Crippen LogP contribution in [-0.4, -0.2) is 35.6 Å². The van der Waals surface area contributed by atoms with Crippen molar-refractivity contribution >= 4 is 22.8 Å². The highest BCUT2D eigenvalue weighted by molar-refractivity contribution is 5.96. The van der Waals surface area contributed by atoms with E-state index in [1.807, 2.05) is 68.7 Å². The fourth-order valence-corrected chi connectivity index (χ4v) is 3.78. The molecule has 9 nitrogen and oxygen atoms in total. The van der Waals surface area contributed by atoms with Gasteiger partial charge >= 0.3 is 0 Å². The van der Waals surface area contributed by atoms with E-state index in [2.05, 4.69) is 32.2 Å². The van der Waals surface area contributed by atoms with Crippen molar-refractivity contribution in [3.8, 4) is 23.1 Å². The number of hydrogen-bond acceptors (Lipinski definition) is 7. The Morgan fingerprint density at radius 2 is 1.83 bits per heavy atom. The molecule has 5 rings (SSSR count). The zero-order valence-electron chi connectivity index (χ0n) is 19.7. The van der Waals surface area contributed by atoms with Gasteiger partial charge in [0, 0.05) is 31.2 Å². The number of aromatic nitrogens is 6. The summed E-state index contributed by atoms with van der Waals surface area (Å²) in [4.78, 5) is 30.8. The van der Waals surface area contributed by atoms with Crippen molar-refractivity contribution in [1.29, 1.82) is 0 Å². The van der Waals surface area contributed by atoms with Crippen LogP contribution in [0.3, 0.4) is 0 Å². The number of amides is 1. The first kappa shape index (κ1) is 22.7. The second-order valence-electron chi connectivity index (χ2n) is 8.13. The van der Waals surface area contributed by atoms with Crippen molar-refractivity contribution in [2.45, 2.75) is 13.0 Å². The number of nitrogens with one attached hydrogen (secondary N) is 1. The molecular formula is C27H22N8O. The van der Waals surface area contributed by atoms with E-state index < -0.39 is 11.9 Å². The van der Waals surface area contributed by atoms with Crippen LogP contribution < -0.4 is 11.1 Å². The first-order chi connectivity index (χ1) is 17.5. The van der Waals surface area contributed by atoms with Gasteiger partial charge in [0.2, 0.25) is 0 Å². The molecule has 0 radical (unpaired) electrons. The number of para-hydroxylation sites is 1. The molecule has 0 bridgehead atoms. The van der Waals surface area contributed by atoms with Gasteiger partial charge in [-0.15, -0.1) is 0 Å². The number of hydrogen-bond donors (Lipinski definition) is 2. The highest BCUT2D eigenvalue weighted by Gasteiger charge is 2.21. The standard InChI is InChI=1S/C27H22N8O/c1-17(32-27(36)25-26(28)30-14-13-29-25)22-24(19-7-4-3-5-8-19)34-23-20(9-6-10-21(23)33-22)12-11-18-15-31-35(2)16-18/h3-10,13-17H,1-2H3,(H2,28,30)(H,32,36). The van der Waals surface area contributed by atoms with Crippen molar-refractivity contribution in [1.82, 2.24) is 35.0 Å². The minimum Gasteiger partial charge on any atom is -0.382 e. The third kappa shape index (κ3) is 4.60. The van der Waals surface area contributed by atoms with Crippen molar-refractivity contribution in [2.24, 2.45) is 7.05 Å². The Morgan fingerprint density at radius 3 is 2.58 bits per heavy atom. The predicted octanol–water partition coefficient (Wildman–Crippen LogP) is 3.29. The molecule has 3 aromatic heterocycles. The molecule has 176 valence electrons. The van der Waals surface area contributed by atoms with Crippen molar-refractivity contribution in [3.63, 3.8) is 0 Å². The molecule has 0 aliphatic rings. The second-order valence-corrected chi connectivity index (χ2v) is 8.13. The SMILES string of the molecule is CC(NC(=O)c1nccnc1N)c1nc2cccc(C#Cc3cnn(C)c3)c2nc1-c1ccccc1. The largest absolute Gasteiger partial charge is 0.382 e. The van der Waals surface area contributed by atoms with Gasteiger partial charge < -0.3 is 11.1 Å². The average Bonchev–Trinajstić information content (AvgIpc) is 3.32. The summed E-state index contributed by atoms with van der Waals surface area (Å²) >= 11 is 0. The third-order valence-corrected chi connectivity index (χ3v) is 5.51. The summed E-state index contributed by atoms with van der Waals surface area (Å²) in [7, 11) is 1.85. The molecule has 2 aromatic carbocycles. The summed E-state index contributed by atoms with van der Waals surface area (Å²) in [5, 5.41) is 7.09. The first-order valence-corrected chi connectivity index (χ1v) is 11.2. The fraction of sp³-hybridized carbons (Fsp3) is 0.111. The zero-order valence-corrected chi connectivity index (χ0v) is 19.7. The average molecular weight is 475 g/mol. The number of nitrogens with zero attached hydrogens (tertiary/aromatic N) is 6. The van der Waals surface area contributed by atoms with Crippen molar-refractivity contribution in [3.05, 3.63) is 95.8 Å². The number of carbonyl (C=O) groups is 1. The lowest BCUT2D eigenvalue weighted by atomic mass is 10.0. The normalized spacial score (nSPS) is 11.5. The van der Waals surface area contributed by atoms with Crippen LogP contribution in [0, 0.1) is 11.8 Å². The van der Waals surface area contributed by atoms with Crippen molar-refractivity contribution in [2.75, 3.05) is 5.73 Å². The van der Waals surface area contributed by atoms with Gasteiger partial charge in [-0.25, -0.2) is 19.9 Å². The van der Waals surface area contributed by atoms with Gasteiger partial charge in [-0.1, -0.05) is 48.2 Å². The molecule has 9 heteroatoms. The molecule has 1 amide bonds. The fourth-order valence-electron chi connectivity index (χ4n) is 3.78. The quantitative estimate of drug-likeness (QED) is 0.383. The molecule has 0 saturated heterocycles. The Bertz CT molecular complexity index is 1630. The third-order valence-electron chi connectivity index (χ3n) is 5.51. The summed E-state index contributed by atoms with van der Waals surface area (Å²) < 4.78 is 1.71. The topological polar surface area (TPSA) is 125 Å². The molecule has 1 atom stereocenters. The maximum absolute atomic E-state index is 12.9. The number of aryl methyl sites for hydroxylation is 1. The van der Waals surface area contributed by atoms with Gasteiger partial charge in [0.15, 0.2) is 11.5 Å². The zero-order chi connectivity index (χ0) is 25.1. The summed E-state index contributed by atoms with van der Waals surface area (Å²) in [6, 6.07) is 14.9. The van der Waals surface area contributed by atoms with Crippen LogP contribution in [0.5, 0.6) is 0 Å². The van der Waals surface area contributed by atoms with Gasteiger partial charge in [0.05, 0.1) is 40.3 Å². The number of carbonyl (C=O) groups excluding carboxylic acids is 1. The predicted molar refractivity (Wildman–Crippen MR) is 136 cm³/mol. The van der Waals surface area contributed by atoms with Crippen LogP contribution in [0.4, 0.5) is 5.82 Å². The Hall–Kier alpha value is -5.10. The van der Waals surface area contributed by atoms with E-state index in [-0.39, 0.29) is 11.5 Å². The molecule has 0 aliphatic heterocycles. The van der Waals surface area contributed by atoms with Crippen LogP contribution in [-0.2, 0) is 7.05 Å². The molecule has 5 aromatic rings. The van der Waals surface area contributed by atoms with E-state index in [0.717, 1.165) is 16.7 Å². The summed E-state index contributed by atoms with van der Waals surface area (Å²) in [5.41, 5.74) is 10.9. The lowest BCUT2D eigenvalue weighted by molar-refractivity contribution is 0.0935. The highest BCUT2D eigenvalue weighted by atomic mass is 16.2. The summed E-state index contributed by atoms with van der Waals surface area (Å²) in [6.45, 7) is 1.85. The van der Waals surface area contributed by atoms with E-state index >= 15 is 0 Å². The lowest BCUT2D eigenvalue weighted by Gasteiger charge is -2.18. The highest BCUT2D eigenvalue weighted by Crippen LogP contribution is 2.28. The molecule has 0 fully saturated rings. The maximum Gasteiger partial charge on any atom is 0.274 e. The van der Waals surface area contributed by atoms with E-state index in [1.165, 1.54) is 12.4 Å². The van der Waals surface area contributed by atoms with E-state index in [4.69, 9.17) is 15.7 Å². The number of nitrogens with two attached hydrogens (primary N) is 1. The van der Waals surface area contributed by atoms with Gasteiger partial charge in [-0.05, 0) is 19.1 Å². The molecule has 0 saturated carbocycles. The van der Waals surface area contributed by atoms with Crippen LogP contribution in [0.2, 0.25) is 0 Å². The minimum absolute atomic E-state index is 0.0620. The van der Waals surface area contributed by atoms with Gasteiger partial charge in [0.25, 0.3) is 5.91 Å². The molecule has 3 heterocycles. The molecule has 1 unspecified atom stereocenters. The number of fused-ring (bicyclic) bond motifs is 1. The minimum atomic E-state index is -0.490. The Labute approximate surface area is 207 Å². The number of benzene rings is 2. The molecule has 3 N–H and O–H groups in total.